The zero-order valence-corrected chi connectivity index (χ0v) is 14.5. The summed E-state index contributed by atoms with van der Waals surface area (Å²) in [5.74, 6) is -0.888. The van der Waals surface area contributed by atoms with E-state index in [9.17, 15) is 9.59 Å². The lowest BCUT2D eigenvalue weighted by atomic mass is 9.98. The van der Waals surface area contributed by atoms with Crippen LogP contribution in [0.2, 0.25) is 0 Å². The van der Waals surface area contributed by atoms with Crippen molar-refractivity contribution in [2.75, 3.05) is 6.61 Å². The number of carbonyl (C=O) groups excluding carboxylic acids is 1. The summed E-state index contributed by atoms with van der Waals surface area (Å²) in [6.07, 6.45) is 2.56. The number of alkyl carbamates (subject to hydrolysis) is 1. The Morgan fingerprint density at radius 3 is 2.27 bits per heavy atom. The van der Waals surface area contributed by atoms with Crippen LogP contribution in [0.3, 0.4) is 0 Å². The number of hydrogen-bond acceptors (Lipinski definition) is 3. The highest BCUT2D eigenvalue weighted by Crippen LogP contribution is 2.44. The first-order valence-electron chi connectivity index (χ1n) is 8.56. The first-order valence-corrected chi connectivity index (χ1v) is 8.56. The van der Waals surface area contributed by atoms with Crippen molar-refractivity contribution in [1.29, 1.82) is 0 Å². The van der Waals surface area contributed by atoms with Crippen LogP contribution >= 0.6 is 0 Å². The molecular weight excluding hydrogens is 330 g/mol. The molecule has 0 saturated heterocycles. The second kappa shape index (κ2) is 7.87. The van der Waals surface area contributed by atoms with Gasteiger partial charge in [0, 0.05) is 12.0 Å². The van der Waals surface area contributed by atoms with Gasteiger partial charge in [-0.3, -0.25) is 4.79 Å². The molecule has 2 N–H and O–H groups in total. The maximum atomic E-state index is 12.0. The Morgan fingerprint density at radius 1 is 1.12 bits per heavy atom. The van der Waals surface area contributed by atoms with Gasteiger partial charge in [-0.25, -0.2) is 4.79 Å². The van der Waals surface area contributed by atoms with Gasteiger partial charge in [-0.15, -0.1) is 0 Å². The molecule has 0 radical (unpaired) electrons. The van der Waals surface area contributed by atoms with Gasteiger partial charge >= 0.3 is 12.1 Å². The van der Waals surface area contributed by atoms with Crippen LogP contribution in [0.25, 0.3) is 11.1 Å². The fourth-order valence-electron chi connectivity index (χ4n) is 3.25. The Morgan fingerprint density at radius 2 is 1.69 bits per heavy atom. The topological polar surface area (TPSA) is 75.6 Å². The summed E-state index contributed by atoms with van der Waals surface area (Å²) in [6, 6.07) is 16.0. The molecule has 0 unspecified atom stereocenters. The molecule has 0 heterocycles. The molecule has 1 amide bonds. The molecule has 0 spiro atoms. The van der Waals surface area contributed by atoms with Crippen molar-refractivity contribution in [2.45, 2.75) is 25.3 Å². The van der Waals surface area contributed by atoms with Gasteiger partial charge in [0.25, 0.3) is 0 Å². The number of ether oxygens (including phenoxy) is 1. The van der Waals surface area contributed by atoms with Gasteiger partial charge in [-0.2, -0.15) is 0 Å². The molecule has 0 fully saturated rings. The number of hydrogen-bond donors (Lipinski definition) is 2. The number of carboxylic acid groups (broad SMARTS) is 1. The van der Waals surface area contributed by atoms with Gasteiger partial charge in [0.2, 0.25) is 0 Å². The van der Waals surface area contributed by atoms with Gasteiger partial charge in [-0.1, -0.05) is 60.7 Å². The number of fused-ring (bicyclic) bond motifs is 3. The summed E-state index contributed by atoms with van der Waals surface area (Å²) in [5.41, 5.74) is 4.69. The van der Waals surface area contributed by atoms with Crippen LogP contribution in [0.5, 0.6) is 0 Å². The number of nitrogens with one attached hydrogen (secondary N) is 1. The lowest BCUT2D eigenvalue weighted by Crippen LogP contribution is -2.32. The van der Waals surface area contributed by atoms with E-state index in [0.717, 1.165) is 11.1 Å². The molecule has 1 atom stereocenters. The van der Waals surface area contributed by atoms with Gasteiger partial charge in [0.05, 0.1) is 6.42 Å². The minimum atomic E-state index is -0.908. The molecule has 0 aliphatic heterocycles. The number of carbonyl (C=O) groups is 2. The third-order valence-corrected chi connectivity index (χ3v) is 4.41. The molecule has 0 saturated carbocycles. The van der Waals surface area contributed by atoms with E-state index in [1.165, 1.54) is 17.2 Å². The van der Waals surface area contributed by atoms with Crippen LogP contribution in [-0.4, -0.2) is 29.8 Å². The monoisotopic (exact) mass is 351 g/mol. The fraction of sp³-hybridized carbons (Fsp3) is 0.238. The molecule has 1 aliphatic carbocycles. The van der Waals surface area contributed by atoms with Crippen LogP contribution < -0.4 is 5.32 Å². The van der Waals surface area contributed by atoms with E-state index < -0.39 is 12.1 Å². The summed E-state index contributed by atoms with van der Waals surface area (Å²) in [5, 5.41) is 11.3. The molecule has 26 heavy (non-hydrogen) atoms. The van der Waals surface area contributed by atoms with Crippen molar-refractivity contribution in [3.63, 3.8) is 0 Å². The zero-order chi connectivity index (χ0) is 18.5. The Kier molecular flexibility index (Phi) is 5.37. The molecule has 1 aliphatic rings. The molecule has 0 bridgehead atoms. The van der Waals surface area contributed by atoms with Gasteiger partial charge in [0.1, 0.15) is 6.61 Å². The molecule has 134 valence electrons. The standard InChI is InChI=1S/C21H21NO4/c1-14(7-6-12-20(23)24)22-21(25)26-13-19-17-10-4-2-8-15(17)16-9-3-5-11-18(16)19/h2-11,14,19H,12-13H2,1H3,(H,22,25)(H,23,24)/b7-6+/t14-/m0/s1. The number of amides is 1. The van der Waals surface area contributed by atoms with Crippen molar-refractivity contribution in [3.8, 4) is 11.1 Å². The maximum Gasteiger partial charge on any atom is 0.407 e. The highest BCUT2D eigenvalue weighted by atomic mass is 16.5. The summed E-state index contributed by atoms with van der Waals surface area (Å²) in [7, 11) is 0. The van der Waals surface area contributed by atoms with E-state index >= 15 is 0 Å². The summed E-state index contributed by atoms with van der Waals surface area (Å²) in [4.78, 5) is 22.5. The normalized spacial score (nSPS) is 13.9. The average Bonchev–Trinajstić information content (AvgIpc) is 2.93. The Bertz CT molecular complexity index is 798. The molecular formula is C21H21NO4. The van der Waals surface area contributed by atoms with Crippen LogP contribution in [0, 0.1) is 0 Å². The Hall–Kier alpha value is -3.08. The van der Waals surface area contributed by atoms with Gasteiger partial charge < -0.3 is 15.2 Å². The Labute approximate surface area is 152 Å². The third kappa shape index (κ3) is 3.94. The Balaban J connectivity index is 1.62. The molecule has 5 heteroatoms. The molecule has 0 aromatic heterocycles. The third-order valence-electron chi connectivity index (χ3n) is 4.41. The highest BCUT2D eigenvalue weighted by molar-refractivity contribution is 5.79. The second-order valence-corrected chi connectivity index (χ2v) is 6.28. The molecule has 2 aromatic rings. The second-order valence-electron chi connectivity index (χ2n) is 6.28. The number of benzene rings is 2. The quantitative estimate of drug-likeness (QED) is 0.773. The number of rotatable bonds is 6. The molecule has 5 nitrogen and oxygen atoms in total. The SMILES string of the molecule is C[C@@H](/C=C/CC(=O)O)NC(=O)OCC1c2ccccc2-c2ccccc21. The minimum absolute atomic E-state index is 0.0195. The van der Waals surface area contributed by atoms with Crippen molar-refractivity contribution in [1.82, 2.24) is 5.32 Å². The average molecular weight is 351 g/mol. The van der Waals surface area contributed by atoms with E-state index in [0.29, 0.717) is 0 Å². The fourth-order valence-corrected chi connectivity index (χ4v) is 3.25. The number of aliphatic carboxylic acids is 1. The first kappa shape index (κ1) is 17.7. The summed E-state index contributed by atoms with van der Waals surface area (Å²) in [6.45, 7) is 2.02. The molecule has 2 aromatic carbocycles. The van der Waals surface area contributed by atoms with Crippen LogP contribution in [0.1, 0.15) is 30.4 Å². The minimum Gasteiger partial charge on any atom is -0.481 e. The van der Waals surface area contributed by atoms with E-state index in [-0.39, 0.29) is 25.0 Å². The van der Waals surface area contributed by atoms with Gasteiger partial charge in [-0.05, 0) is 29.2 Å². The van der Waals surface area contributed by atoms with E-state index in [2.05, 4.69) is 29.6 Å². The largest absolute Gasteiger partial charge is 0.481 e. The number of carboxylic acids is 1. The predicted molar refractivity (Wildman–Crippen MR) is 99.1 cm³/mol. The lowest BCUT2D eigenvalue weighted by Gasteiger charge is -2.16. The van der Waals surface area contributed by atoms with Crippen molar-refractivity contribution < 1.29 is 19.4 Å². The van der Waals surface area contributed by atoms with E-state index in [4.69, 9.17) is 9.84 Å². The van der Waals surface area contributed by atoms with Crippen molar-refractivity contribution >= 4 is 12.1 Å². The van der Waals surface area contributed by atoms with Crippen molar-refractivity contribution in [3.05, 3.63) is 71.8 Å². The summed E-state index contributed by atoms with van der Waals surface area (Å²) < 4.78 is 5.44. The summed E-state index contributed by atoms with van der Waals surface area (Å²) >= 11 is 0. The van der Waals surface area contributed by atoms with E-state index in [1.54, 1.807) is 13.0 Å². The van der Waals surface area contributed by atoms with Crippen LogP contribution in [0.15, 0.2) is 60.7 Å². The van der Waals surface area contributed by atoms with E-state index in [1.807, 2.05) is 24.3 Å². The lowest BCUT2D eigenvalue weighted by molar-refractivity contribution is -0.136. The molecule has 3 rings (SSSR count). The first-order chi connectivity index (χ1) is 12.6. The predicted octanol–water partition coefficient (Wildman–Crippen LogP) is 3.94. The highest BCUT2D eigenvalue weighted by Gasteiger charge is 2.28. The van der Waals surface area contributed by atoms with Crippen LogP contribution in [0.4, 0.5) is 4.79 Å². The zero-order valence-electron chi connectivity index (χ0n) is 14.5. The maximum absolute atomic E-state index is 12.0. The van der Waals surface area contributed by atoms with Gasteiger partial charge in [0.15, 0.2) is 0 Å². The van der Waals surface area contributed by atoms with Crippen molar-refractivity contribution in [2.24, 2.45) is 0 Å². The smallest absolute Gasteiger partial charge is 0.407 e. The van der Waals surface area contributed by atoms with Crippen LogP contribution in [-0.2, 0) is 9.53 Å².